The number of unbranched alkanes of at least 4 members (excludes halogenated alkanes) is 1. The van der Waals surface area contributed by atoms with Crippen LogP contribution in [0.15, 0.2) is 47.4 Å². The molecule has 27 heavy (non-hydrogen) atoms. The molecule has 2 aromatic rings. The van der Waals surface area contributed by atoms with Crippen molar-refractivity contribution in [3.05, 3.63) is 59.2 Å². The Kier molecular flexibility index (Phi) is 7.16. The van der Waals surface area contributed by atoms with E-state index in [-0.39, 0.29) is 16.7 Å². The SMILES string of the molecule is CCCCNS(=O)(=O)c1ccc(C(=O)Nc2c(C)cccc2C(C)C)cc1. The first kappa shape index (κ1) is 21.1. The van der Waals surface area contributed by atoms with Crippen molar-refractivity contribution in [2.24, 2.45) is 0 Å². The molecule has 0 fully saturated rings. The Morgan fingerprint density at radius 1 is 1.07 bits per heavy atom. The Bertz CT molecular complexity index is 888. The number of para-hydroxylation sites is 1. The van der Waals surface area contributed by atoms with E-state index in [2.05, 4.69) is 23.9 Å². The number of sulfonamides is 1. The molecule has 0 bridgehead atoms. The maximum Gasteiger partial charge on any atom is 0.255 e. The van der Waals surface area contributed by atoms with Crippen LogP contribution in [0.2, 0.25) is 0 Å². The van der Waals surface area contributed by atoms with Crippen LogP contribution in [0, 0.1) is 6.92 Å². The molecule has 2 rings (SSSR count). The second kappa shape index (κ2) is 9.15. The summed E-state index contributed by atoms with van der Waals surface area (Å²) < 4.78 is 27.0. The standard InChI is InChI=1S/C21H28N2O3S/c1-5-6-14-22-27(25,26)18-12-10-17(11-13-18)21(24)23-20-16(4)8-7-9-19(20)15(2)3/h7-13,15,22H,5-6,14H2,1-4H3,(H,23,24). The number of benzene rings is 2. The van der Waals surface area contributed by atoms with Gasteiger partial charge in [0.2, 0.25) is 10.0 Å². The van der Waals surface area contributed by atoms with E-state index in [1.807, 2.05) is 32.0 Å². The van der Waals surface area contributed by atoms with Gasteiger partial charge in [0.1, 0.15) is 0 Å². The summed E-state index contributed by atoms with van der Waals surface area (Å²) in [5.41, 5.74) is 3.30. The zero-order valence-corrected chi connectivity index (χ0v) is 17.2. The lowest BCUT2D eigenvalue weighted by atomic mass is 9.98. The fourth-order valence-electron chi connectivity index (χ4n) is 2.78. The molecule has 0 saturated carbocycles. The monoisotopic (exact) mass is 388 g/mol. The average molecular weight is 389 g/mol. The molecule has 0 saturated heterocycles. The summed E-state index contributed by atoms with van der Waals surface area (Å²) in [6.07, 6.45) is 1.70. The highest BCUT2D eigenvalue weighted by molar-refractivity contribution is 7.89. The summed E-state index contributed by atoms with van der Waals surface area (Å²) in [7, 11) is -3.54. The molecule has 2 aromatic carbocycles. The van der Waals surface area contributed by atoms with Gasteiger partial charge >= 0.3 is 0 Å². The summed E-state index contributed by atoms with van der Waals surface area (Å²) in [6.45, 7) is 8.53. The van der Waals surface area contributed by atoms with Crippen molar-refractivity contribution in [3.8, 4) is 0 Å². The van der Waals surface area contributed by atoms with E-state index in [0.717, 1.165) is 29.7 Å². The highest BCUT2D eigenvalue weighted by atomic mass is 32.2. The third kappa shape index (κ3) is 5.40. The molecule has 0 heterocycles. The van der Waals surface area contributed by atoms with Gasteiger partial charge in [0.05, 0.1) is 4.90 Å². The lowest BCUT2D eigenvalue weighted by molar-refractivity contribution is 0.102. The summed E-state index contributed by atoms with van der Waals surface area (Å²) >= 11 is 0. The molecule has 0 aliphatic carbocycles. The summed E-state index contributed by atoms with van der Waals surface area (Å²) in [5, 5.41) is 2.97. The van der Waals surface area contributed by atoms with Gasteiger partial charge in [-0.3, -0.25) is 4.79 Å². The number of hydrogen-bond acceptors (Lipinski definition) is 3. The van der Waals surface area contributed by atoms with Crippen molar-refractivity contribution >= 4 is 21.6 Å². The molecule has 6 heteroatoms. The van der Waals surface area contributed by atoms with Crippen molar-refractivity contribution in [3.63, 3.8) is 0 Å². The molecule has 1 amide bonds. The number of nitrogens with one attached hydrogen (secondary N) is 2. The molecule has 2 N–H and O–H groups in total. The smallest absolute Gasteiger partial charge is 0.255 e. The van der Waals surface area contributed by atoms with Gasteiger partial charge in [0, 0.05) is 17.8 Å². The number of rotatable bonds is 8. The maximum atomic E-state index is 12.6. The van der Waals surface area contributed by atoms with Crippen LogP contribution in [0.4, 0.5) is 5.69 Å². The zero-order valence-electron chi connectivity index (χ0n) is 16.4. The number of carbonyl (C=O) groups excluding carboxylic acids is 1. The zero-order chi connectivity index (χ0) is 20.0. The van der Waals surface area contributed by atoms with E-state index in [1.165, 1.54) is 24.3 Å². The minimum absolute atomic E-state index is 0.161. The van der Waals surface area contributed by atoms with E-state index in [4.69, 9.17) is 0 Å². The third-order valence-electron chi connectivity index (χ3n) is 4.41. The lowest BCUT2D eigenvalue weighted by Crippen LogP contribution is -2.24. The highest BCUT2D eigenvalue weighted by Gasteiger charge is 2.16. The van der Waals surface area contributed by atoms with Gasteiger partial charge in [-0.1, -0.05) is 45.4 Å². The summed E-state index contributed by atoms with van der Waals surface area (Å²) in [4.78, 5) is 12.8. The Morgan fingerprint density at radius 2 is 1.74 bits per heavy atom. The average Bonchev–Trinajstić information content (AvgIpc) is 2.63. The largest absolute Gasteiger partial charge is 0.321 e. The first-order valence-corrected chi connectivity index (χ1v) is 10.7. The van der Waals surface area contributed by atoms with Gasteiger partial charge in [0.25, 0.3) is 5.91 Å². The number of hydrogen-bond donors (Lipinski definition) is 2. The van der Waals surface area contributed by atoms with Gasteiger partial charge in [0.15, 0.2) is 0 Å². The molecular formula is C21H28N2O3S. The number of amides is 1. The van der Waals surface area contributed by atoms with Crippen molar-refractivity contribution < 1.29 is 13.2 Å². The Balaban J connectivity index is 2.18. The Hall–Kier alpha value is -2.18. The van der Waals surface area contributed by atoms with Crippen LogP contribution in [0.3, 0.4) is 0 Å². The van der Waals surface area contributed by atoms with Crippen molar-refractivity contribution in [2.45, 2.75) is 51.3 Å². The van der Waals surface area contributed by atoms with E-state index in [0.29, 0.717) is 12.1 Å². The molecule has 0 atom stereocenters. The summed E-state index contributed by atoms with van der Waals surface area (Å²) in [5.74, 6) is 0.0241. The van der Waals surface area contributed by atoms with Gasteiger partial charge in [-0.15, -0.1) is 0 Å². The van der Waals surface area contributed by atoms with Crippen LogP contribution >= 0.6 is 0 Å². The molecule has 0 aliphatic rings. The fourth-order valence-corrected chi connectivity index (χ4v) is 3.85. The van der Waals surface area contributed by atoms with Crippen LogP contribution in [0.1, 0.15) is 61.0 Å². The fraction of sp³-hybridized carbons (Fsp3) is 0.381. The number of anilines is 1. The second-order valence-corrected chi connectivity index (χ2v) is 8.69. The minimum atomic E-state index is -3.54. The van der Waals surface area contributed by atoms with Crippen LogP contribution < -0.4 is 10.0 Å². The number of carbonyl (C=O) groups is 1. The Morgan fingerprint density at radius 3 is 2.33 bits per heavy atom. The van der Waals surface area contributed by atoms with Crippen molar-refractivity contribution in [1.82, 2.24) is 4.72 Å². The molecule has 0 aromatic heterocycles. The highest BCUT2D eigenvalue weighted by Crippen LogP contribution is 2.28. The molecule has 0 radical (unpaired) electrons. The quantitative estimate of drug-likeness (QED) is 0.656. The normalized spacial score (nSPS) is 11.6. The van der Waals surface area contributed by atoms with E-state index in [1.54, 1.807) is 0 Å². The number of aryl methyl sites for hydroxylation is 1. The lowest BCUT2D eigenvalue weighted by Gasteiger charge is -2.16. The summed E-state index contributed by atoms with van der Waals surface area (Å²) in [6, 6.07) is 11.9. The van der Waals surface area contributed by atoms with Crippen molar-refractivity contribution in [1.29, 1.82) is 0 Å². The van der Waals surface area contributed by atoms with Crippen LogP contribution in [-0.2, 0) is 10.0 Å². The molecule has 0 unspecified atom stereocenters. The first-order chi connectivity index (χ1) is 12.8. The van der Waals surface area contributed by atoms with Gasteiger partial charge in [-0.25, -0.2) is 13.1 Å². The second-order valence-electron chi connectivity index (χ2n) is 6.92. The third-order valence-corrected chi connectivity index (χ3v) is 5.89. The van der Waals surface area contributed by atoms with E-state index < -0.39 is 10.0 Å². The predicted molar refractivity (Wildman–Crippen MR) is 110 cm³/mol. The van der Waals surface area contributed by atoms with E-state index in [9.17, 15) is 13.2 Å². The molecular weight excluding hydrogens is 360 g/mol. The van der Waals surface area contributed by atoms with E-state index >= 15 is 0 Å². The molecule has 0 spiro atoms. The minimum Gasteiger partial charge on any atom is -0.321 e. The van der Waals surface area contributed by atoms with Crippen LogP contribution in [-0.4, -0.2) is 20.9 Å². The Labute approximate surface area is 162 Å². The van der Waals surface area contributed by atoms with Crippen molar-refractivity contribution in [2.75, 3.05) is 11.9 Å². The molecule has 146 valence electrons. The van der Waals surface area contributed by atoms with Gasteiger partial charge in [-0.05, 0) is 54.7 Å². The van der Waals surface area contributed by atoms with Gasteiger partial charge in [-0.2, -0.15) is 0 Å². The van der Waals surface area contributed by atoms with Gasteiger partial charge < -0.3 is 5.32 Å². The molecule has 5 nitrogen and oxygen atoms in total. The maximum absolute atomic E-state index is 12.6. The first-order valence-electron chi connectivity index (χ1n) is 9.27. The topological polar surface area (TPSA) is 75.3 Å². The predicted octanol–water partition coefficient (Wildman–Crippen LogP) is 4.45. The van der Waals surface area contributed by atoms with Crippen LogP contribution in [0.25, 0.3) is 0 Å². The molecule has 0 aliphatic heterocycles. The van der Waals surface area contributed by atoms with Crippen LogP contribution in [0.5, 0.6) is 0 Å².